The first-order valence-electron chi connectivity index (χ1n) is 12.5. The maximum atomic E-state index is 12.2. The maximum Gasteiger partial charge on any atom is 0.407 e. The summed E-state index contributed by atoms with van der Waals surface area (Å²) in [5.41, 5.74) is 0.728. The van der Waals surface area contributed by atoms with Gasteiger partial charge >= 0.3 is 6.09 Å². The molecular formula is C27H49N2O2+. The highest BCUT2D eigenvalue weighted by Crippen LogP contribution is 2.15. The van der Waals surface area contributed by atoms with Crippen LogP contribution in [0.25, 0.3) is 0 Å². The molecule has 0 bridgehead atoms. The average Bonchev–Trinajstić information content (AvgIpc) is 2.73. The van der Waals surface area contributed by atoms with Gasteiger partial charge in [-0.1, -0.05) is 88.6 Å². The first-order chi connectivity index (χ1) is 14.7. The molecule has 0 unspecified atom stereocenters. The van der Waals surface area contributed by atoms with Crippen molar-refractivity contribution in [3.8, 4) is 0 Å². The van der Waals surface area contributed by atoms with Crippen LogP contribution in [0.3, 0.4) is 0 Å². The van der Waals surface area contributed by atoms with Gasteiger partial charge in [-0.15, -0.1) is 0 Å². The molecule has 0 aromatic heterocycles. The Bertz CT molecular complexity index is 584. The zero-order valence-electron chi connectivity index (χ0n) is 21.0. The van der Waals surface area contributed by atoms with E-state index in [1.807, 2.05) is 30.3 Å². The van der Waals surface area contributed by atoms with Gasteiger partial charge in [0, 0.05) is 12.0 Å². The number of alkyl carbamates (subject to hydrolysis) is 1. The summed E-state index contributed by atoms with van der Waals surface area (Å²) in [7, 11) is 4.61. The number of rotatable bonds is 17. The van der Waals surface area contributed by atoms with Gasteiger partial charge in [0.25, 0.3) is 0 Å². The molecule has 0 atom stereocenters. The van der Waals surface area contributed by atoms with Crippen molar-refractivity contribution in [2.45, 2.75) is 104 Å². The predicted molar refractivity (Wildman–Crippen MR) is 132 cm³/mol. The van der Waals surface area contributed by atoms with Crippen molar-refractivity contribution in [1.29, 1.82) is 0 Å². The summed E-state index contributed by atoms with van der Waals surface area (Å²) in [6.45, 7) is 8.99. The third kappa shape index (κ3) is 15.0. The summed E-state index contributed by atoms with van der Waals surface area (Å²) in [5, 5.41) is 3.04. The second-order valence-electron chi connectivity index (χ2n) is 10.4. The summed E-state index contributed by atoms with van der Waals surface area (Å²) < 4.78 is 6.38. The van der Waals surface area contributed by atoms with E-state index in [4.69, 9.17) is 4.74 Å². The maximum absolute atomic E-state index is 12.2. The molecule has 1 aromatic rings. The van der Waals surface area contributed by atoms with Crippen LogP contribution in [0, 0.1) is 0 Å². The molecular weight excluding hydrogens is 384 g/mol. The number of nitrogens with one attached hydrogen (secondary N) is 1. The van der Waals surface area contributed by atoms with Crippen molar-refractivity contribution in [2.75, 3.05) is 27.2 Å². The SMILES string of the molecule is CCCCCCCCCCCC[N+](C)(C)CCC(C)(C)NC(=O)OCc1ccccc1. The zero-order valence-corrected chi connectivity index (χ0v) is 21.0. The number of amides is 1. The number of hydrogen-bond acceptors (Lipinski definition) is 2. The van der Waals surface area contributed by atoms with E-state index >= 15 is 0 Å². The number of unbranched alkanes of at least 4 members (excludes halogenated alkanes) is 9. The molecule has 0 spiro atoms. The Morgan fingerprint density at radius 3 is 2.00 bits per heavy atom. The summed E-state index contributed by atoms with van der Waals surface area (Å²) >= 11 is 0. The van der Waals surface area contributed by atoms with E-state index in [2.05, 4.69) is 40.2 Å². The van der Waals surface area contributed by atoms with Gasteiger partial charge in [0.05, 0.1) is 27.2 Å². The lowest BCUT2D eigenvalue weighted by Crippen LogP contribution is -2.49. The molecule has 0 aliphatic heterocycles. The highest BCUT2D eigenvalue weighted by atomic mass is 16.5. The van der Waals surface area contributed by atoms with Crippen molar-refractivity contribution < 1.29 is 14.0 Å². The molecule has 0 saturated carbocycles. The van der Waals surface area contributed by atoms with Crippen molar-refractivity contribution >= 4 is 6.09 Å². The molecule has 0 aliphatic carbocycles. The molecule has 1 aromatic carbocycles. The summed E-state index contributed by atoms with van der Waals surface area (Å²) in [4.78, 5) is 12.2. The Morgan fingerprint density at radius 2 is 1.42 bits per heavy atom. The number of ether oxygens (including phenoxy) is 1. The number of carbonyl (C=O) groups excluding carboxylic acids is 1. The fourth-order valence-electron chi connectivity index (χ4n) is 3.82. The summed E-state index contributed by atoms with van der Waals surface area (Å²) in [6, 6.07) is 9.80. The Labute approximate surface area is 192 Å². The molecule has 1 rings (SSSR count). The van der Waals surface area contributed by atoms with Crippen LogP contribution in [0.2, 0.25) is 0 Å². The first-order valence-corrected chi connectivity index (χ1v) is 12.5. The van der Waals surface area contributed by atoms with Gasteiger partial charge in [0.15, 0.2) is 0 Å². The highest BCUT2D eigenvalue weighted by molar-refractivity contribution is 5.68. The molecule has 0 radical (unpaired) electrons. The molecule has 0 heterocycles. The predicted octanol–water partition coefficient (Wildman–Crippen LogP) is 7.08. The van der Waals surface area contributed by atoms with Gasteiger partial charge in [-0.2, -0.15) is 0 Å². The van der Waals surface area contributed by atoms with Crippen LogP contribution < -0.4 is 5.32 Å². The van der Waals surface area contributed by atoms with E-state index in [1.54, 1.807) is 0 Å². The molecule has 0 fully saturated rings. The number of benzene rings is 1. The molecule has 4 heteroatoms. The molecule has 1 amide bonds. The molecule has 178 valence electrons. The lowest BCUT2D eigenvalue weighted by molar-refractivity contribution is -0.891. The van der Waals surface area contributed by atoms with E-state index < -0.39 is 0 Å². The largest absolute Gasteiger partial charge is 0.445 e. The van der Waals surface area contributed by atoms with Crippen LogP contribution in [0.4, 0.5) is 4.79 Å². The molecule has 0 aliphatic rings. The van der Waals surface area contributed by atoms with Crippen molar-refractivity contribution in [3.05, 3.63) is 35.9 Å². The lowest BCUT2D eigenvalue weighted by atomic mass is 10.00. The minimum absolute atomic E-state index is 0.277. The van der Waals surface area contributed by atoms with Crippen LogP contribution in [0.5, 0.6) is 0 Å². The smallest absolute Gasteiger partial charge is 0.407 e. The van der Waals surface area contributed by atoms with Crippen LogP contribution >= 0.6 is 0 Å². The van der Waals surface area contributed by atoms with Crippen LogP contribution in [0.15, 0.2) is 30.3 Å². The first kappa shape index (κ1) is 27.5. The topological polar surface area (TPSA) is 38.3 Å². The van der Waals surface area contributed by atoms with Gasteiger partial charge in [-0.3, -0.25) is 0 Å². The van der Waals surface area contributed by atoms with Gasteiger partial charge in [-0.05, 0) is 32.3 Å². The van der Waals surface area contributed by atoms with Gasteiger partial charge in [0.2, 0.25) is 0 Å². The Kier molecular flexibility index (Phi) is 13.6. The van der Waals surface area contributed by atoms with Gasteiger partial charge < -0.3 is 14.5 Å². The number of nitrogens with zero attached hydrogens (tertiary/aromatic N) is 1. The molecule has 4 nitrogen and oxygen atoms in total. The quantitative estimate of drug-likeness (QED) is 0.210. The Morgan fingerprint density at radius 1 is 0.871 bits per heavy atom. The van der Waals surface area contributed by atoms with Crippen LogP contribution in [0.1, 0.15) is 97.0 Å². The second-order valence-corrected chi connectivity index (χ2v) is 10.4. The molecule has 31 heavy (non-hydrogen) atoms. The molecule has 0 saturated heterocycles. The van der Waals surface area contributed by atoms with E-state index in [0.29, 0.717) is 6.61 Å². The van der Waals surface area contributed by atoms with Crippen molar-refractivity contribution in [1.82, 2.24) is 5.32 Å². The summed E-state index contributed by atoms with van der Waals surface area (Å²) in [6.07, 6.45) is 14.4. The monoisotopic (exact) mass is 433 g/mol. The zero-order chi connectivity index (χ0) is 23.0. The number of quaternary nitrogens is 1. The third-order valence-corrected chi connectivity index (χ3v) is 6.11. The van der Waals surface area contributed by atoms with E-state index in [1.165, 1.54) is 70.8 Å². The standard InChI is InChI=1S/C27H48N2O2/c1-6-7-8-9-10-11-12-13-14-18-22-29(4,5)23-21-27(2,3)28-26(30)31-24-25-19-16-15-17-20-25/h15-17,19-20H,6-14,18,21-24H2,1-5H3/p+1. The Balaban J connectivity index is 2.14. The second kappa shape index (κ2) is 15.3. The number of hydrogen-bond donors (Lipinski definition) is 1. The van der Waals surface area contributed by atoms with E-state index in [9.17, 15) is 4.79 Å². The van der Waals surface area contributed by atoms with Crippen LogP contribution in [-0.4, -0.2) is 43.3 Å². The lowest BCUT2D eigenvalue weighted by Gasteiger charge is -2.34. The summed E-state index contributed by atoms with van der Waals surface area (Å²) in [5.74, 6) is 0. The minimum atomic E-state index is -0.339. The van der Waals surface area contributed by atoms with Crippen LogP contribution in [-0.2, 0) is 11.3 Å². The van der Waals surface area contributed by atoms with Gasteiger partial charge in [0.1, 0.15) is 6.61 Å². The van der Waals surface area contributed by atoms with E-state index in [-0.39, 0.29) is 11.6 Å². The van der Waals surface area contributed by atoms with Gasteiger partial charge in [-0.25, -0.2) is 4.79 Å². The van der Waals surface area contributed by atoms with E-state index in [0.717, 1.165) is 23.0 Å². The average molecular weight is 434 g/mol. The highest BCUT2D eigenvalue weighted by Gasteiger charge is 2.25. The minimum Gasteiger partial charge on any atom is -0.445 e. The fraction of sp³-hybridized carbons (Fsp3) is 0.741. The van der Waals surface area contributed by atoms with Crippen molar-refractivity contribution in [3.63, 3.8) is 0 Å². The fourth-order valence-corrected chi connectivity index (χ4v) is 3.82. The van der Waals surface area contributed by atoms with Crippen molar-refractivity contribution in [2.24, 2.45) is 0 Å². The third-order valence-electron chi connectivity index (χ3n) is 6.11. The molecule has 1 N–H and O–H groups in total. The number of carbonyl (C=O) groups is 1. The Hall–Kier alpha value is -1.55. The normalized spacial score (nSPS) is 12.0.